The summed E-state index contributed by atoms with van der Waals surface area (Å²) < 4.78 is 37.7. The van der Waals surface area contributed by atoms with E-state index in [0.29, 0.717) is 5.69 Å². The number of rotatable bonds is 2. The molecule has 5 nitrogen and oxygen atoms in total. The SMILES string of the molecule is CNc1ccc(F)c(C2CS(=O)(=O)C(C)C(=N)N2)c1. The molecule has 1 aromatic carbocycles. The summed E-state index contributed by atoms with van der Waals surface area (Å²) in [6.07, 6.45) is 0. The molecule has 0 radical (unpaired) electrons. The van der Waals surface area contributed by atoms with Gasteiger partial charge < -0.3 is 10.6 Å². The Morgan fingerprint density at radius 2 is 2.16 bits per heavy atom. The van der Waals surface area contributed by atoms with Crippen molar-refractivity contribution in [1.82, 2.24) is 5.32 Å². The maximum Gasteiger partial charge on any atom is 0.162 e. The lowest BCUT2D eigenvalue weighted by Gasteiger charge is -2.30. The van der Waals surface area contributed by atoms with Crippen LogP contribution in [0, 0.1) is 11.2 Å². The molecule has 0 spiro atoms. The van der Waals surface area contributed by atoms with E-state index >= 15 is 0 Å². The first-order chi connectivity index (χ1) is 8.85. The van der Waals surface area contributed by atoms with Crippen LogP contribution in [0.1, 0.15) is 18.5 Å². The van der Waals surface area contributed by atoms with Crippen LogP contribution in [0.4, 0.5) is 10.1 Å². The quantitative estimate of drug-likeness (QED) is 0.765. The highest BCUT2D eigenvalue weighted by Crippen LogP contribution is 2.26. The van der Waals surface area contributed by atoms with E-state index in [1.807, 2.05) is 0 Å². The molecule has 19 heavy (non-hydrogen) atoms. The highest BCUT2D eigenvalue weighted by Gasteiger charge is 2.36. The standard InChI is InChI=1S/C12H16FN3O2S/c1-7-12(14)16-11(6-19(7,17)18)9-5-8(15-2)3-4-10(9)13/h3-5,7,11,15H,6H2,1-2H3,(H2,14,16). The fraction of sp³-hybridized carbons (Fsp3) is 0.417. The van der Waals surface area contributed by atoms with E-state index in [1.165, 1.54) is 13.0 Å². The minimum atomic E-state index is -3.42. The Morgan fingerprint density at radius 3 is 2.74 bits per heavy atom. The lowest BCUT2D eigenvalue weighted by molar-refractivity contribution is 0.547. The maximum absolute atomic E-state index is 13.8. The second-order valence-corrected chi connectivity index (χ2v) is 6.93. The maximum atomic E-state index is 13.8. The number of hydrogen-bond donors (Lipinski definition) is 3. The number of sulfone groups is 1. The molecule has 1 aliphatic heterocycles. The van der Waals surface area contributed by atoms with E-state index in [4.69, 9.17) is 5.41 Å². The molecule has 1 saturated heterocycles. The van der Waals surface area contributed by atoms with Gasteiger partial charge in [-0.1, -0.05) is 0 Å². The molecule has 2 unspecified atom stereocenters. The molecule has 0 amide bonds. The van der Waals surface area contributed by atoms with Crippen molar-refractivity contribution in [2.75, 3.05) is 18.1 Å². The van der Waals surface area contributed by atoms with Crippen LogP contribution in [0.25, 0.3) is 0 Å². The molecule has 0 aliphatic carbocycles. The molecule has 3 N–H and O–H groups in total. The third-order valence-electron chi connectivity index (χ3n) is 3.33. The first kappa shape index (κ1) is 13.8. The van der Waals surface area contributed by atoms with E-state index in [2.05, 4.69) is 10.6 Å². The van der Waals surface area contributed by atoms with Gasteiger partial charge in [0.25, 0.3) is 0 Å². The zero-order chi connectivity index (χ0) is 14.2. The van der Waals surface area contributed by atoms with Crippen molar-refractivity contribution in [2.24, 2.45) is 0 Å². The van der Waals surface area contributed by atoms with Crippen LogP contribution in [0.15, 0.2) is 18.2 Å². The minimum absolute atomic E-state index is 0.0921. The lowest BCUT2D eigenvalue weighted by Crippen LogP contribution is -2.49. The van der Waals surface area contributed by atoms with Gasteiger partial charge in [-0.05, 0) is 25.1 Å². The van der Waals surface area contributed by atoms with Crippen LogP contribution in [-0.2, 0) is 9.84 Å². The summed E-state index contributed by atoms with van der Waals surface area (Å²) in [6.45, 7) is 1.46. The van der Waals surface area contributed by atoms with E-state index in [1.54, 1.807) is 19.2 Å². The van der Waals surface area contributed by atoms with Gasteiger partial charge in [-0.2, -0.15) is 0 Å². The van der Waals surface area contributed by atoms with Crippen LogP contribution in [-0.4, -0.2) is 32.3 Å². The molecule has 2 rings (SSSR count). The Balaban J connectivity index is 2.40. The Hall–Kier alpha value is -1.63. The zero-order valence-electron chi connectivity index (χ0n) is 10.7. The van der Waals surface area contributed by atoms with Gasteiger partial charge in [0.1, 0.15) is 16.9 Å². The topological polar surface area (TPSA) is 82.1 Å². The normalized spacial score (nSPS) is 25.7. The van der Waals surface area contributed by atoms with Gasteiger partial charge in [0.15, 0.2) is 9.84 Å². The molecule has 1 fully saturated rings. The number of hydrogen-bond acceptors (Lipinski definition) is 4. The number of amidine groups is 1. The average Bonchev–Trinajstić information content (AvgIpc) is 2.36. The molecule has 1 aromatic rings. The van der Waals surface area contributed by atoms with Crippen molar-refractivity contribution in [1.29, 1.82) is 5.41 Å². The first-order valence-electron chi connectivity index (χ1n) is 5.89. The van der Waals surface area contributed by atoms with Crippen molar-refractivity contribution >= 4 is 21.4 Å². The summed E-state index contributed by atoms with van der Waals surface area (Å²) in [5.74, 6) is -0.778. The van der Waals surface area contributed by atoms with Gasteiger partial charge in [0, 0.05) is 18.3 Å². The summed E-state index contributed by atoms with van der Waals surface area (Å²) in [5.41, 5.74) is 0.952. The predicted molar refractivity (Wildman–Crippen MR) is 72.8 cm³/mol. The van der Waals surface area contributed by atoms with E-state index in [9.17, 15) is 12.8 Å². The van der Waals surface area contributed by atoms with Gasteiger partial charge in [-0.15, -0.1) is 0 Å². The molecule has 1 heterocycles. The van der Waals surface area contributed by atoms with Crippen molar-refractivity contribution in [3.05, 3.63) is 29.6 Å². The summed E-state index contributed by atoms with van der Waals surface area (Å²) in [5, 5.41) is 12.5. The number of anilines is 1. The van der Waals surface area contributed by atoms with Crippen molar-refractivity contribution in [3.8, 4) is 0 Å². The zero-order valence-corrected chi connectivity index (χ0v) is 11.5. The van der Waals surface area contributed by atoms with Crippen LogP contribution in [0.5, 0.6) is 0 Å². The summed E-state index contributed by atoms with van der Waals surface area (Å²) in [6, 6.07) is 3.70. The Morgan fingerprint density at radius 1 is 1.47 bits per heavy atom. The second-order valence-electron chi connectivity index (χ2n) is 4.57. The molecule has 0 saturated carbocycles. The van der Waals surface area contributed by atoms with Crippen LogP contribution >= 0.6 is 0 Å². The number of halogens is 1. The Kier molecular flexibility index (Phi) is 3.49. The largest absolute Gasteiger partial charge is 0.388 e. The van der Waals surface area contributed by atoms with E-state index in [0.717, 1.165) is 0 Å². The molecular weight excluding hydrogens is 269 g/mol. The van der Waals surface area contributed by atoms with Gasteiger partial charge in [0.05, 0.1) is 11.8 Å². The third-order valence-corrected chi connectivity index (χ3v) is 5.44. The highest BCUT2D eigenvalue weighted by molar-refractivity contribution is 7.92. The third kappa shape index (κ3) is 2.56. The molecule has 104 valence electrons. The predicted octanol–water partition coefficient (Wildman–Crippen LogP) is 1.29. The monoisotopic (exact) mass is 285 g/mol. The first-order valence-corrected chi connectivity index (χ1v) is 7.60. The molecule has 7 heteroatoms. The second kappa shape index (κ2) is 4.80. The molecule has 0 aromatic heterocycles. The van der Waals surface area contributed by atoms with Crippen LogP contribution < -0.4 is 10.6 Å². The number of benzene rings is 1. The van der Waals surface area contributed by atoms with Crippen molar-refractivity contribution < 1.29 is 12.8 Å². The van der Waals surface area contributed by atoms with Crippen LogP contribution in [0.2, 0.25) is 0 Å². The summed E-state index contributed by atoms with van der Waals surface area (Å²) >= 11 is 0. The van der Waals surface area contributed by atoms with E-state index in [-0.39, 0.29) is 17.2 Å². The average molecular weight is 285 g/mol. The summed E-state index contributed by atoms with van der Waals surface area (Å²) in [7, 11) is -1.72. The Bertz CT molecular complexity index is 615. The smallest absolute Gasteiger partial charge is 0.162 e. The fourth-order valence-corrected chi connectivity index (χ4v) is 3.48. The molecule has 0 bridgehead atoms. The lowest BCUT2D eigenvalue weighted by atomic mass is 10.1. The molecular formula is C12H16FN3O2S. The number of nitrogens with one attached hydrogen (secondary N) is 3. The minimum Gasteiger partial charge on any atom is -0.388 e. The van der Waals surface area contributed by atoms with Gasteiger partial charge in [-0.3, -0.25) is 5.41 Å². The molecule has 1 aliphatic rings. The van der Waals surface area contributed by atoms with Gasteiger partial charge in [0.2, 0.25) is 0 Å². The van der Waals surface area contributed by atoms with Gasteiger partial charge >= 0.3 is 0 Å². The van der Waals surface area contributed by atoms with Crippen molar-refractivity contribution in [2.45, 2.75) is 18.2 Å². The highest BCUT2D eigenvalue weighted by atomic mass is 32.2. The van der Waals surface area contributed by atoms with Gasteiger partial charge in [-0.25, -0.2) is 12.8 Å². The van der Waals surface area contributed by atoms with Crippen LogP contribution in [0.3, 0.4) is 0 Å². The summed E-state index contributed by atoms with van der Waals surface area (Å²) in [4.78, 5) is 0. The fourth-order valence-electron chi connectivity index (χ4n) is 2.04. The Labute approximate surface area is 111 Å². The van der Waals surface area contributed by atoms with Crippen molar-refractivity contribution in [3.63, 3.8) is 0 Å². The molecule has 2 atom stereocenters. The van der Waals surface area contributed by atoms with E-state index < -0.39 is 26.9 Å².